The van der Waals surface area contributed by atoms with Gasteiger partial charge in [-0.2, -0.15) is 0 Å². The molecule has 0 radical (unpaired) electrons. The molecule has 20 heavy (non-hydrogen) atoms. The minimum atomic E-state index is -0.483. The molecule has 4 heteroatoms. The molecule has 1 rings (SSSR count). The normalized spacial score (nSPS) is 11.9. The average molecular weight is 281 g/mol. The maximum Gasteiger partial charge on any atom is 0.328 e. The topological polar surface area (TPSA) is 38.3 Å². The van der Waals surface area contributed by atoms with E-state index in [-0.39, 0.29) is 11.8 Å². The van der Waals surface area contributed by atoms with Crippen molar-refractivity contribution in [2.45, 2.75) is 52.0 Å². The minimum absolute atomic E-state index is 0.313. The molecule has 1 unspecified atom stereocenters. The van der Waals surface area contributed by atoms with Crippen LogP contribution in [-0.2, 0) is 9.53 Å². The zero-order chi connectivity index (χ0) is 14.8. The molecule has 0 bridgehead atoms. The third kappa shape index (κ3) is 5.59. The number of para-hydroxylation sites is 1. The quantitative estimate of drug-likeness (QED) is 0.546. The number of carbonyl (C=O) groups is 1. The lowest BCUT2D eigenvalue weighted by molar-refractivity contribution is -0.144. The van der Waals surface area contributed by atoms with Gasteiger partial charge in [0, 0.05) is 0 Å². The molecule has 0 saturated heterocycles. The first kappa shape index (κ1) is 16.5. The van der Waals surface area contributed by atoms with Gasteiger partial charge in [0.1, 0.15) is 11.9 Å². The van der Waals surface area contributed by atoms with Crippen molar-refractivity contribution in [3.63, 3.8) is 0 Å². The Kier molecular flexibility index (Phi) is 7.70. The lowest BCUT2D eigenvalue weighted by Gasteiger charge is -2.18. The summed E-state index contributed by atoms with van der Waals surface area (Å²) in [7, 11) is 0. The third-order valence-electron chi connectivity index (χ3n) is 3.12. The lowest BCUT2D eigenvalue weighted by Crippen LogP contribution is -2.31. The average Bonchev–Trinajstić information content (AvgIpc) is 2.44. The molecule has 0 heterocycles. The molecule has 0 aliphatic carbocycles. The number of halogens is 1. The van der Waals surface area contributed by atoms with Crippen molar-refractivity contribution in [1.82, 2.24) is 0 Å². The van der Waals surface area contributed by atoms with Crippen LogP contribution >= 0.6 is 0 Å². The van der Waals surface area contributed by atoms with Crippen LogP contribution in [0.2, 0.25) is 0 Å². The van der Waals surface area contributed by atoms with Gasteiger partial charge in [-0.1, -0.05) is 44.7 Å². The van der Waals surface area contributed by atoms with Gasteiger partial charge in [0.05, 0.1) is 12.3 Å². The number of carbonyl (C=O) groups excluding carboxylic acids is 1. The maximum absolute atomic E-state index is 13.6. The number of anilines is 1. The number of hydrogen-bond donors (Lipinski definition) is 1. The van der Waals surface area contributed by atoms with Gasteiger partial charge in [-0.3, -0.25) is 0 Å². The van der Waals surface area contributed by atoms with E-state index in [1.807, 2.05) is 0 Å². The SMILES string of the molecule is CCCCCCC(Nc1ccccc1F)C(=O)OCC. The molecule has 1 atom stereocenters. The van der Waals surface area contributed by atoms with E-state index < -0.39 is 6.04 Å². The predicted octanol–water partition coefficient (Wildman–Crippen LogP) is 4.14. The van der Waals surface area contributed by atoms with Gasteiger partial charge in [-0.05, 0) is 25.5 Å². The first-order valence-electron chi connectivity index (χ1n) is 7.36. The van der Waals surface area contributed by atoms with E-state index in [0.717, 1.165) is 25.7 Å². The zero-order valence-corrected chi connectivity index (χ0v) is 12.3. The summed E-state index contributed by atoms with van der Waals surface area (Å²) in [5.41, 5.74) is 0.348. The van der Waals surface area contributed by atoms with E-state index in [0.29, 0.717) is 18.7 Å². The summed E-state index contributed by atoms with van der Waals surface area (Å²) in [6, 6.07) is 5.89. The summed E-state index contributed by atoms with van der Waals surface area (Å²) < 4.78 is 18.7. The molecule has 1 N–H and O–H groups in total. The van der Waals surface area contributed by atoms with E-state index in [4.69, 9.17) is 4.74 Å². The number of benzene rings is 1. The summed E-state index contributed by atoms with van der Waals surface area (Å²) in [6.45, 7) is 4.25. The number of unbranched alkanes of at least 4 members (excludes halogenated alkanes) is 3. The fourth-order valence-corrected chi connectivity index (χ4v) is 2.03. The smallest absolute Gasteiger partial charge is 0.328 e. The highest BCUT2D eigenvalue weighted by atomic mass is 19.1. The molecule has 112 valence electrons. The van der Waals surface area contributed by atoms with Gasteiger partial charge in [-0.15, -0.1) is 0 Å². The largest absolute Gasteiger partial charge is 0.464 e. The molecule has 0 aliphatic heterocycles. The Morgan fingerprint density at radius 2 is 2.00 bits per heavy atom. The van der Waals surface area contributed by atoms with Crippen LogP contribution in [0, 0.1) is 5.82 Å². The van der Waals surface area contributed by atoms with Crippen molar-refractivity contribution in [1.29, 1.82) is 0 Å². The van der Waals surface area contributed by atoms with Gasteiger partial charge in [0.2, 0.25) is 0 Å². The molecule has 0 amide bonds. The minimum Gasteiger partial charge on any atom is -0.464 e. The Balaban J connectivity index is 2.62. The highest BCUT2D eigenvalue weighted by Crippen LogP contribution is 2.17. The van der Waals surface area contributed by atoms with E-state index in [1.54, 1.807) is 25.1 Å². The second kappa shape index (κ2) is 9.34. The molecule has 0 spiro atoms. The maximum atomic E-state index is 13.6. The Bertz CT molecular complexity index is 409. The second-order valence-electron chi connectivity index (χ2n) is 4.78. The van der Waals surface area contributed by atoms with E-state index in [1.165, 1.54) is 6.07 Å². The van der Waals surface area contributed by atoms with Crippen LogP contribution < -0.4 is 5.32 Å². The Labute approximate surface area is 120 Å². The van der Waals surface area contributed by atoms with Crippen LogP contribution in [0.5, 0.6) is 0 Å². The van der Waals surface area contributed by atoms with Crippen LogP contribution in [0.15, 0.2) is 24.3 Å². The fourth-order valence-electron chi connectivity index (χ4n) is 2.03. The van der Waals surface area contributed by atoms with Crippen LogP contribution in [0.1, 0.15) is 46.0 Å². The molecule has 0 aromatic heterocycles. The highest BCUT2D eigenvalue weighted by Gasteiger charge is 2.20. The van der Waals surface area contributed by atoms with Crippen molar-refractivity contribution >= 4 is 11.7 Å². The van der Waals surface area contributed by atoms with Gasteiger partial charge < -0.3 is 10.1 Å². The molecular formula is C16H24FNO2. The molecule has 1 aromatic carbocycles. The van der Waals surface area contributed by atoms with Gasteiger partial charge >= 0.3 is 5.97 Å². The fraction of sp³-hybridized carbons (Fsp3) is 0.562. The van der Waals surface area contributed by atoms with Crippen molar-refractivity contribution in [2.24, 2.45) is 0 Å². The first-order chi connectivity index (χ1) is 9.69. The standard InChI is InChI=1S/C16H24FNO2/c1-3-5-6-7-12-15(16(19)20-4-2)18-14-11-9-8-10-13(14)17/h8-11,15,18H,3-7,12H2,1-2H3. The van der Waals surface area contributed by atoms with Crippen LogP contribution in [0.4, 0.5) is 10.1 Å². The molecule has 0 fully saturated rings. The summed E-state index contributed by atoms with van der Waals surface area (Å²) in [5, 5.41) is 2.96. The third-order valence-corrected chi connectivity index (χ3v) is 3.12. The van der Waals surface area contributed by atoms with Crippen LogP contribution in [0.3, 0.4) is 0 Å². The van der Waals surface area contributed by atoms with Gasteiger partial charge in [0.15, 0.2) is 0 Å². The van der Waals surface area contributed by atoms with Crippen LogP contribution in [0.25, 0.3) is 0 Å². The summed E-state index contributed by atoms with van der Waals surface area (Å²) >= 11 is 0. The summed E-state index contributed by atoms with van der Waals surface area (Å²) in [6.07, 6.45) is 4.96. The van der Waals surface area contributed by atoms with Crippen molar-refractivity contribution < 1.29 is 13.9 Å². The second-order valence-corrected chi connectivity index (χ2v) is 4.78. The molecule has 1 aromatic rings. The number of nitrogens with one attached hydrogen (secondary N) is 1. The predicted molar refractivity (Wildman–Crippen MR) is 79.2 cm³/mol. The number of esters is 1. The molecular weight excluding hydrogens is 257 g/mol. The monoisotopic (exact) mass is 281 g/mol. The lowest BCUT2D eigenvalue weighted by atomic mass is 10.1. The van der Waals surface area contributed by atoms with Gasteiger partial charge in [-0.25, -0.2) is 9.18 Å². The first-order valence-corrected chi connectivity index (χ1v) is 7.36. The number of rotatable bonds is 9. The molecule has 3 nitrogen and oxygen atoms in total. The Morgan fingerprint density at radius 3 is 2.65 bits per heavy atom. The number of ether oxygens (including phenoxy) is 1. The van der Waals surface area contributed by atoms with E-state index >= 15 is 0 Å². The number of hydrogen-bond acceptors (Lipinski definition) is 3. The van der Waals surface area contributed by atoms with Crippen LogP contribution in [-0.4, -0.2) is 18.6 Å². The summed E-state index contributed by atoms with van der Waals surface area (Å²) in [4.78, 5) is 11.9. The zero-order valence-electron chi connectivity index (χ0n) is 12.3. The van der Waals surface area contributed by atoms with E-state index in [2.05, 4.69) is 12.2 Å². The van der Waals surface area contributed by atoms with Gasteiger partial charge in [0.25, 0.3) is 0 Å². The van der Waals surface area contributed by atoms with Crippen molar-refractivity contribution in [3.8, 4) is 0 Å². The molecule has 0 saturated carbocycles. The highest BCUT2D eigenvalue weighted by molar-refractivity contribution is 5.79. The Morgan fingerprint density at radius 1 is 1.25 bits per heavy atom. The van der Waals surface area contributed by atoms with Crippen molar-refractivity contribution in [3.05, 3.63) is 30.1 Å². The summed E-state index contributed by atoms with van der Waals surface area (Å²) in [5.74, 6) is -0.664. The Hall–Kier alpha value is -1.58. The van der Waals surface area contributed by atoms with E-state index in [9.17, 15) is 9.18 Å². The van der Waals surface area contributed by atoms with Crippen molar-refractivity contribution in [2.75, 3.05) is 11.9 Å². The molecule has 0 aliphatic rings.